The highest BCUT2D eigenvalue weighted by Gasteiger charge is 2.24. The number of aromatic carboxylic acids is 1. The van der Waals surface area contributed by atoms with Crippen molar-refractivity contribution in [1.82, 2.24) is 9.62 Å². The zero-order valence-electron chi connectivity index (χ0n) is 11.2. The van der Waals surface area contributed by atoms with Crippen LogP contribution < -0.4 is 4.72 Å². The third-order valence-corrected chi connectivity index (χ3v) is 4.64. The summed E-state index contributed by atoms with van der Waals surface area (Å²) in [7, 11) is -1.78. The van der Waals surface area contributed by atoms with E-state index in [2.05, 4.69) is 9.62 Å². The van der Waals surface area contributed by atoms with Crippen LogP contribution in [0.25, 0.3) is 0 Å². The number of carbonyl (C=O) groups is 1. The number of carboxylic acids is 1. The molecule has 8 heteroatoms. The summed E-state index contributed by atoms with van der Waals surface area (Å²) in [5, 5.41) is 8.35. The number of nitrogens with one attached hydrogen (secondary N) is 1. The molecule has 0 radical (unpaired) electrons. The third-order valence-electron chi connectivity index (χ3n) is 3.34. The Bertz CT molecular complexity index is 580. The van der Waals surface area contributed by atoms with Crippen molar-refractivity contribution < 1.29 is 22.7 Å². The average Bonchev–Trinajstić information content (AvgIpc) is 2.87. The molecule has 7 nitrogen and oxygen atoms in total. The summed E-state index contributed by atoms with van der Waals surface area (Å²) >= 11 is 0. The van der Waals surface area contributed by atoms with E-state index in [9.17, 15) is 13.2 Å². The van der Waals surface area contributed by atoms with Crippen LogP contribution in [0.15, 0.2) is 21.6 Å². The lowest BCUT2D eigenvalue weighted by Crippen LogP contribution is -2.39. The lowest BCUT2D eigenvalue weighted by molar-refractivity contribution is 0.0656. The van der Waals surface area contributed by atoms with Crippen molar-refractivity contribution in [2.75, 3.05) is 26.7 Å². The number of furan rings is 1. The summed E-state index contributed by atoms with van der Waals surface area (Å²) in [5.41, 5.74) is 0. The summed E-state index contributed by atoms with van der Waals surface area (Å²) in [6.07, 6.45) is 2.03. The van der Waals surface area contributed by atoms with Gasteiger partial charge in [0, 0.05) is 13.1 Å². The monoisotopic (exact) mass is 302 g/mol. The highest BCUT2D eigenvalue weighted by molar-refractivity contribution is 7.89. The fourth-order valence-electron chi connectivity index (χ4n) is 2.32. The number of hydrogen-bond acceptors (Lipinski definition) is 5. The first kappa shape index (κ1) is 15.0. The molecule has 1 aliphatic heterocycles. The number of rotatable bonds is 5. The molecular formula is C12H18N2O5S. The predicted molar refractivity (Wildman–Crippen MR) is 71.1 cm³/mol. The average molecular weight is 302 g/mol. The van der Waals surface area contributed by atoms with E-state index in [1.165, 1.54) is 0 Å². The van der Waals surface area contributed by atoms with E-state index in [4.69, 9.17) is 9.52 Å². The van der Waals surface area contributed by atoms with E-state index in [0.29, 0.717) is 6.54 Å². The Hall–Kier alpha value is -1.38. The summed E-state index contributed by atoms with van der Waals surface area (Å²) in [4.78, 5) is 12.8. The topological polar surface area (TPSA) is 99.9 Å². The minimum atomic E-state index is -3.79. The standard InChI is InChI=1S/C12H18N2O5S/c1-14-6-2-3-9(8-14)7-13-20(17,18)11-5-4-10(19-11)12(15)16/h4-5,9,13H,2-3,6-8H2,1H3,(H,15,16). The highest BCUT2D eigenvalue weighted by atomic mass is 32.2. The molecule has 1 fully saturated rings. The van der Waals surface area contributed by atoms with E-state index >= 15 is 0 Å². The number of hydrogen-bond donors (Lipinski definition) is 2. The van der Waals surface area contributed by atoms with Crippen LogP contribution >= 0.6 is 0 Å². The summed E-state index contributed by atoms with van der Waals surface area (Å²) in [5.74, 6) is -1.42. The first-order chi connectivity index (χ1) is 9.38. The van der Waals surface area contributed by atoms with Crippen molar-refractivity contribution in [3.63, 3.8) is 0 Å². The van der Waals surface area contributed by atoms with Crippen molar-refractivity contribution in [1.29, 1.82) is 0 Å². The van der Waals surface area contributed by atoms with E-state index in [1.54, 1.807) is 0 Å². The Labute approximate surface area is 117 Å². The molecule has 1 unspecified atom stereocenters. The molecule has 1 aliphatic rings. The number of likely N-dealkylation sites (tertiary alicyclic amines) is 1. The van der Waals surface area contributed by atoms with Gasteiger partial charge in [0.15, 0.2) is 0 Å². The van der Waals surface area contributed by atoms with Crippen LogP contribution in [0, 0.1) is 5.92 Å². The van der Waals surface area contributed by atoms with Crippen LogP contribution in [-0.2, 0) is 10.0 Å². The molecule has 1 saturated heterocycles. The van der Waals surface area contributed by atoms with Gasteiger partial charge in [-0.25, -0.2) is 17.9 Å². The quantitative estimate of drug-likeness (QED) is 0.826. The molecule has 2 rings (SSSR count). The minimum Gasteiger partial charge on any atom is -0.475 e. The Balaban J connectivity index is 1.98. The number of piperidine rings is 1. The van der Waals surface area contributed by atoms with Gasteiger partial charge in [-0.3, -0.25) is 0 Å². The van der Waals surface area contributed by atoms with Crippen molar-refractivity contribution in [2.24, 2.45) is 5.92 Å². The van der Waals surface area contributed by atoms with Crippen LogP contribution in [0.3, 0.4) is 0 Å². The molecule has 0 aromatic carbocycles. The first-order valence-corrected chi connectivity index (χ1v) is 7.88. The van der Waals surface area contributed by atoms with E-state index in [1.807, 2.05) is 7.05 Å². The molecule has 2 N–H and O–H groups in total. The van der Waals surface area contributed by atoms with Gasteiger partial charge >= 0.3 is 5.97 Å². The van der Waals surface area contributed by atoms with Crippen molar-refractivity contribution >= 4 is 16.0 Å². The van der Waals surface area contributed by atoms with Gasteiger partial charge in [0.2, 0.25) is 10.9 Å². The Morgan fingerprint density at radius 2 is 2.30 bits per heavy atom. The minimum absolute atomic E-state index is 0.262. The molecule has 20 heavy (non-hydrogen) atoms. The van der Waals surface area contributed by atoms with Gasteiger partial charge in [0.05, 0.1) is 0 Å². The van der Waals surface area contributed by atoms with Crippen molar-refractivity contribution in [3.8, 4) is 0 Å². The van der Waals surface area contributed by atoms with E-state index < -0.39 is 16.0 Å². The van der Waals surface area contributed by atoms with Gasteiger partial charge in [0.25, 0.3) is 10.0 Å². The van der Waals surface area contributed by atoms with Crippen molar-refractivity contribution in [3.05, 3.63) is 17.9 Å². The van der Waals surface area contributed by atoms with Gasteiger partial charge in [-0.15, -0.1) is 0 Å². The smallest absolute Gasteiger partial charge is 0.371 e. The van der Waals surface area contributed by atoms with Crippen LogP contribution in [0.2, 0.25) is 0 Å². The Morgan fingerprint density at radius 1 is 1.55 bits per heavy atom. The Morgan fingerprint density at radius 3 is 2.90 bits per heavy atom. The maximum absolute atomic E-state index is 12.0. The number of nitrogens with zero attached hydrogens (tertiary/aromatic N) is 1. The summed E-state index contributed by atoms with van der Waals surface area (Å²) in [6, 6.07) is 2.28. The lowest BCUT2D eigenvalue weighted by Gasteiger charge is -2.29. The maximum atomic E-state index is 12.0. The maximum Gasteiger partial charge on any atom is 0.371 e. The molecule has 0 spiro atoms. The van der Waals surface area contributed by atoms with Crippen LogP contribution in [0.5, 0.6) is 0 Å². The van der Waals surface area contributed by atoms with Gasteiger partial charge in [-0.1, -0.05) is 0 Å². The zero-order valence-corrected chi connectivity index (χ0v) is 12.0. The molecule has 0 bridgehead atoms. The van der Waals surface area contributed by atoms with Crippen LogP contribution in [0.4, 0.5) is 0 Å². The molecule has 112 valence electrons. The van der Waals surface area contributed by atoms with Crippen LogP contribution in [0.1, 0.15) is 23.4 Å². The zero-order chi connectivity index (χ0) is 14.8. The molecular weight excluding hydrogens is 284 g/mol. The molecule has 0 saturated carbocycles. The number of carboxylic acid groups (broad SMARTS) is 1. The summed E-state index contributed by atoms with van der Waals surface area (Å²) in [6.45, 7) is 2.21. The van der Waals surface area contributed by atoms with Crippen molar-refractivity contribution in [2.45, 2.75) is 17.9 Å². The van der Waals surface area contributed by atoms with Gasteiger partial charge in [-0.2, -0.15) is 0 Å². The highest BCUT2D eigenvalue weighted by Crippen LogP contribution is 2.17. The second kappa shape index (κ2) is 5.94. The number of sulfonamides is 1. The lowest BCUT2D eigenvalue weighted by atomic mass is 9.99. The molecule has 0 aliphatic carbocycles. The molecule has 2 heterocycles. The second-order valence-corrected chi connectivity index (χ2v) is 6.74. The normalized spacial score (nSPS) is 20.9. The second-order valence-electron chi connectivity index (χ2n) is 5.05. The largest absolute Gasteiger partial charge is 0.475 e. The van der Waals surface area contributed by atoms with E-state index in [0.717, 1.165) is 38.1 Å². The fourth-order valence-corrected chi connectivity index (χ4v) is 3.36. The van der Waals surface area contributed by atoms with Crippen LogP contribution in [-0.4, -0.2) is 51.1 Å². The summed E-state index contributed by atoms with van der Waals surface area (Å²) < 4.78 is 31.2. The molecule has 1 aromatic heterocycles. The van der Waals surface area contributed by atoms with E-state index in [-0.39, 0.29) is 16.8 Å². The first-order valence-electron chi connectivity index (χ1n) is 6.40. The molecule has 0 amide bonds. The molecule has 1 atom stereocenters. The van der Waals surface area contributed by atoms with Gasteiger partial charge in [0.1, 0.15) is 0 Å². The van der Waals surface area contributed by atoms with Gasteiger partial charge < -0.3 is 14.4 Å². The molecule has 1 aromatic rings. The third kappa shape index (κ3) is 3.59. The van der Waals surface area contributed by atoms with Gasteiger partial charge in [-0.05, 0) is 44.5 Å². The predicted octanol–water partition coefficient (Wildman–Crippen LogP) is 0.598. The SMILES string of the molecule is CN1CCCC(CNS(=O)(=O)c2ccc(C(=O)O)o2)C1. The fraction of sp³-hybridized carbons (Fsp3) is 0.583. The Kier molecular flexibility index (Phi) is 4.46.